The standard InChI is InChI=1S/C25H26N2O3S/c1-31-22-11-9-20(10-12-22)25(29)30-18-24(28)27-15-13-26(14-16-27)17-21-7-4-6-19-5-2-3-8-23(19)21/h2-12H,13-18H2,1H3. The molecule has 31 heavy (non-hydrogen) atoms. The summed E-state index contributed by atoms with van der Waals surface area (Å²) in [6, 6.07) is 22.0. The molecule has 4 rings (SSSR count). The van der Waals surface area contributed by atoms with E-state index in [1.807, 2.05) is 18.4 Å². The van der Waals surface area contributed by atoms with Crippen molar-refractivity contribution in [3.05, 3.63) is 77.9 Å². The second-order valence-electron chi connectivity index (χ2n) is 7.60. The Morgan fingerprint density at radius 2 is 1.61 bits per heavy atom. The second-order valence-corrected chi connectivity index (χ2v) is 8.48. The molecule has 1 heterocycles. The maximum Gasteiger partial charge on any atom is 0.338 e. The molecule has 160 valence electrons. The average Bonchev–Trinajstić information content (AvgIpc) is 2.83. The Hall–Kier alpha value is -2.83. The topological polar surface area (TPSA) is 49.9 Å². The zero-order chi connectivity index (χ0) is 21.6. The van der Waals surface area contributed by atoms with Gasteiger partial charge in [-0.15, -0.1) is 11.8 Å². The number of esters is 1. The molecule has 0 aliphatic carbocycles. The number of hydrogen-bond acceptors (Lipinski definition) is 5. The van der Waals surface area contributed by atoms with Crippen LogP contribution in [0.4, 0.5) is 0 Å². The summed E-state index contributed by atoms with van der Waals surface area (Å²) in [5.74, 6) is -0.602. The van der Waals surface area contributed by atoms with Gasteiger partial charge in [0.15, 0.2) is 6.61 Å². The lowest BCUT2D eigenvalue weighted by Gasteiger charge is -2.34. The van der Waals surface area contributed by atoms with Gasteiger partial charge in [0.05, 0.1) is 5.56 Å². The number of nitrogens with zero attached hydrogens (tertiary/aromatic N) is 2. The molecule has 1 aliphatic heterocycles. The van der Waals surface area contributed by atoms with Gasteiger partial charge in [0.2, 0.25) is 0 Å². The Labute approximate surface area is 187 Å². The van der Waals surface area contributed by atoms with Crippen molar-refractivity contribution < 1.29 is 14.3 Å². The van der Waals surface area contributed by atoms with Gasteiger partial charge >= 0.3 is 5.97 Å². The van der Waals surface area contributed by atoms with E-state index < -0.39 is 5.97 Å². The molecule has 1 fully saturated rings. The van der Waals surface area contributed by atoms with Gasteiger partial charge in [-0.3, -0.25) is 9.69 Å². The molecule has 0 saturated carbocycles. The van der Waals surface area contributed by atoms with E-state index in [-0.39, 0.29) is 12.5 Å². The van der Waals surface area contributed by atoms with Crippen molar-refractivity contribution in [3.8, 4) is 0 Å². The van der Waals surface area contributed by atoms with E-state index in [1.165, 1.54) is 16.3 Å². The molecule has 0 bridgehead atoms. The SMILES string of the molecule is CSc1ccc(C(=O)OCC(=O)N2CCN(Cc3cccc4ccccc34)CC2)cc1. The molecule has 1 amide bonds. The first kappa shape index (κ1) is 21.4. The van der Waals surface area contributed by atoms with Gasteiger partial charge in [0, 0.05) is 37.6 Å². The number of thioether (sulfide) groups is 1. The summed E-state index contributed by atoms with van der Waals surface area (Å²) in [5, 5.41) is 2.53. The van der Waals surface area contributed by atoms with Crippen LogP contribution in [0.15, 0.2) is 71.6 Å². The van der Waals surface area contributed by atoms with E-state index in [9.17, 15) is 9.59 Å². The number of benzene rings is 3. The molecular weight excluding hydrogens is 408 g/mol. The fourth-order valence-corrected chi connectivity index (χ4v) is 4.26. The van der Waals surface area contributed by atoms with Crippen LogP contribution in [0.3, 0.4) is 0 Å². The lowest BCUT2D eigenvalue weighted by Crippen LogP contribution is -2.49. The smallest absolute Gasteiger partial charge is 0.338 e. The van der Waals surface area contributed by atoms with Crippen LogP contribution in [0, 0.1) is 0 Å². The molecule has 3 aromatic rings. The molecule has 0 unspecified atom stereocenters. The number of piperazine rings is 1. The predicted octanol–water partition coefficient (Wildman–Crippen LogP) is 4.06. The predicted molar refractivity (Wildman–Crippen MR) is 124 cm³/mol. The van der Waals surface area contributed by atoms with E-state index in [4.69, 9.17) is 4.74 Å². The van der Waals surface area contributed by atoms with Crippen molar-refractivity contribution in [1.29, 1.82) is 0 Å². The van der Waals surface area contributed by atoms with E-state index in [0.29, 0.717) is 18.7 Å². The molecule has 6 heteroatoms. The van der Waals surface area contributed by atoms with Crippen LogP contribution in [0.25, 0.3) is 10.8 Å². The Morgan fingerprint density at radius 1 is 0.903 bits per heavy atom. The van der Waals surface area contributed by atoms with E-state index >= 15 is 0 Å². The Bertz CT molecular complexity index is 1050. The summed E-state index contributed by atoms with van der Waals surface area (Å²) in [6.45, 7) is 3.54. The molecular formula is C25H26N2O3S. The van der Waals surface area contributed by atoms with E-state index in [2.05, 4.69) is 47.4 Å². The number of rotatable bonds is 6. The van der Waals surface area contributed by atoms with Gasteiger partial charge in [-0.2, -0.15) is 0 Å². The zero-order valence-corrected chi connectivity index (χ0v) is 18.4. The zero-order valence-electron chi connectivity index (χ0n) is 17.6. The summed E-state index contributed by atoms with van der Waals surface area (Å²) in [6.07, 6.45) is 1.98. The number of carbonyl (C=O) groups is 2. The summed E-state index contributed by atoms with van der Waals surface area (Å²) >= 11 is 1.61. The Balaban J connectivity index is 1.26. The quantitative estimate of drug-likeness (QED) is 0.433. The van der Waals surface area contributed by atoms with Crippen LogP contribution >= 0.6 is 11.8 Å². The Kier molecular flexibility index (Phi) is 6.89. The Morgan fingerprint density at radius 3 is 2.35 bits per heavy atom. The molecule has 5 nitrogen and oxygen atoms in total. The van der Waals surface area contributed by atoms with Gasteiger partial charge in [-0.1, -0.05) is 42.5 Å². The monoisotopic (exact) mass is 434 g/mol. The molecule has 1 saturated heterocycles. The molecule has 0 atom stereocenters. The van der Waals surface area contributed by atoms with Crippen molar-refractivity contribution in [2.45, 2.75) is 11.4 Å². The van der Waals surface area contributed by atoms with E-state index in [1.54, 1.807) is 28.8 Å². The number of ether oxygens (including phenoxy) is 1. The minimum atomic E-state index is -0.462. The summed E-state index contributed by atoms with van der Waals surface area (Å²) < 4.78 is 5.24. The third-order valence-corrected chi connectivity index (χ3v) is 6.39. The van der Waals surface area contributed by atoms with Gasteiger partial charge in [0.25, 0.3) is 5.91 Å². The molecule has 1 aliphatic rings. The normalized spacial score (nSPS) is 14.5. The highest BCUT2D eigenvalue weighted by Gasteiger charge is 2.22. The largest absolute Gasteiger partial charge is 0.452 e. The molecule has 0 radical (unpaired) electrons. The van der Waals surface area contributed by atoms with Crippen LogP contribution in [0.2, 0.25) is 0 Å². The lowest BCUT2D eigenvalue weighted by molar-refractivity contribution is -0.136. The van der Waals surface area contributed by atoms with Crippen LogP contribution in [-0.4, -0.2) is 60.7 Å². The van der Waals surface area contributed by atoms with Crippen LogP contribution < -0.4 is 0 Å². The molecule has 0 N–H and O–H groups in total. The van der Waals surface area contributed by atoms with Crippen LogP contribution in [0.5, 0.6) is 0 Å². The van der Waals surface area contributed by atoms with Crippen molar-refractivity contribution in [1.82, 2.24) is 9.80 Å². The fraction of sp³-hybridized carbons (Fsp3) is 0.280. The molecule has 3 aromatic carbocycles. The first-order chi connectivity index (χ1) is 15.1. The third-order valence-electron chi connectivity index (χ3n) is 5.65. The van der Waals surface area contributed by atoms with Crippen LogP contribution in [0.1, 0.15) is 15.9 Å². The van der Waals surface area contributed by atoms with Crippen molar-refractivity contribution in [2.24, 2.45) is 0 Å². The summed E-state index contributed by atoms with van der Waals surface area (Å²) in [4.78, 5) is 29.9. The fourth-order valence-electron chi connectivity index (χ4n) is 3.86. The van der Waals surface area contributed by atoms with Crippen molar-refractivity contribution >= 4 is 34.4 Å². The maximum atomic E-state index is 12.5. The third kappa shape index (κ3) is 5.27. The van der Waals surface area contributed by atoms with E-state index in [0.717, 1.165) is 24.5 Å². The van der Waals surface area contributed by atoms with Gasteiger partial charge < -0.3 is 9.64 Å². The number of carbonyl (C=O) groups excluding carboxylic acids is 2. The summed E-state index contributed by atoms with van der Waals surface area (Å²) in [5.41, 5.74) is 1.77. The van der Waals surface area contributed by atoms with Gasteiger partial charge in [0.1, 0.15) is 0 Å². The highest BCUT2D eigenvalue weighted by Crippen LogP contribution is 2.20. The molecule has 0 spiro atoms. The average molecular weight is 435 g/mol. The highest BCUT2D eigenvalue weighted by molar-refractivity contribution is 7.98. The number of hydrogen-bond donors (Lipinski definition) is 0. The lowest BCUT2D eigenvalue weighted by atomic mass is 10.0. The maximum absolute atomic E-state index is 12.5. The minimum Gasteiger partial charge on any atom is -0.452 e. The number of fused-ring (bicyclic) bond motifs is 1. The summed E-state index contributed by atoms with van der Waals surface area (Å²) in [7, 11) is 0. The first-order valence-electron chi connectivity index (χ1n) is 10.4. The van der Waals surface area contributed by atoms with Gasteiger partial charge in [-0.05, 0) is 46.9 Å². The number of amides is 1. The van der Waals surface area contributed by atoms with Crippen molar-refractivity contribution in [2.75, 3.05) is 39.0 Å². The molecule has 0 aromatic heterocycles. The highest BCUT2D eigenvalue weighted by atomic mass is 32.2. The van der Waals surface area contributed by atoms with Crippen molar-refractivity contribution in [3.63, 3.8) is 0 Å². The first-order valence-corrected chi connectivity index (χ1v) is 11.6. The second kappa shape index (κ2) is 9.98. The van der Waals surface area contributed by atoms with Crippen LogP contribution in [-0.2, 0) is 16.1 Å². The minimum absolute atomic E-state index is 0.140. The van der Waals surface area contributed by atoms with Gasteiger partial charge in [-0.25, -0.2) is 4.79 Å².